The summed E-state index contributed by atoms with van der Waals surface area (Å²) in [5, 5.41) is 0.689. The predicted octanol–water partition coefficient (Wildman–Crippen LogP) is 5.39. The maximum absolute atomic E-state index is 14.2. The molecule has 1 fully saturated rings. The molecular weight excluding hydrogens is 463 g/mol. The summed E-state index contributed by atoms with van der Waals surface area (Å²) in [6, 6.07) is 18.7. The highest BCUT2D eigenvalue weighted by atomic mass is 35.5. The number of para-hydroxylation sites is 1. The molecule has 1 saturated heterocycles. The van der Waals surface area contributed by atoms with Crippen LogP contribution >= 0.6 is 11.6 Å². The van der Waals surface area contributed by atoms with E-state index in [1.165, 1.54) is 11.6 Å². The average molecular weight is 491 g/mol. The number of fused-ring (bicyclic) bond motifs is 1. The van der Waals surface area contributed by atoms with Gasteiger partial charge in [-0.15, -0.1) is 0 Å². The minimum absolute atomic E-state index is 0.0381. The van der Waals surface area contributed by atoms with Gasteiger partial charge in [0, 0.05) is 37.6 Å². The molecule has 0 spiro atoms. The molecule has 1 aliphatic rings. The van der Waals surface area contributed by atoms with E-state index in [0.717, 1.165) is 28.0 Å². The molecule has 7 heteroatoms. The van der Waals surface area contributed by atoms with Crippen molar-refractivity contribution in [2.24, 2.45) is 0 Å². The molecule has 180 valence electrons. The fraction of sp³-hybridized carbons (Fsp3) is 0.286. The van der Waals surface area contributed by atoms with E-state index in [1.807, 2.05) is 44.7 Å². The number of amides is 1. The zero-order chi connectivity index (χ0) is 24.5. The van der Waals surface area contributed by atoms with Crippen LogP contribution in [0.4, 0.5) is 10.1 Å². The largest absolute Gasteiger partial charge is 0.366 e. The first-order valence-electron chi connectivity index (χ1n) is 11.9. The van der Waals surface area contributed by atoms with Crippen LogP contribution in [0.1, 0.15) is 22.5 Å². The molecular formula is C28H28ClFN4O. The van der Waals surface area contributed by atoms with Crippen LogP contribution in [0.3, 0.4) is 0 Å². The lowest BCUT2D eigenvalue weighted by atomic mass is 10.1. The van der Waals surface area contributed by atoms with E-state index in [9.17, 15) is 9.18 Å². The molecule has 0 aliphatic carbocycles. The van der Waals surface area contributed by atoms with Crippen LogP contribution in [-0.4, -0.2) is 46.5 Å². The number of aryl methyl sites for hydroxylation is 2. The zero-order valence-corrected chi connectivity index (χ0v) is 20.7. The van der Waals surface area contributed by atoms with Crippen molar-refractivity contribution in [2.75, 3.05) is 31.1 Å². The third kappa shape index (κ3) is 4.76. The zero-order valence-electron chi connectivity index (χ0n) is 20.0. The van der Waals surface area contributed by atoms with Gasteiger partial charge in [-0.25, -0.2) is 9.37 Å². The van der Waals surface area contributed by atoms with Crippen molar-refractivity contribution in [3.63, 3.8) is 0 Å². The summed E-state index contributed by atoms with van der Waals surface area (Å²) in [4.78, 5) is 22.2. The van der Waals surface area contributed by atoms with Gasteiger partial charge in [0.15, 0.2) is 0 Å². The van der Waals surface area contributed by atoms with Gasteiger partial charge < -0.3 is 14.4 Å². The number of carbonyl (C=O) groups is 1. The van der Waals surface area contributed by atoms with E-state index in [2.05, 4.69) is 26.0 Å². The third-order valence-corrected chi connectivity index (χ3v) is 7.24. The summed E-state index contributed by atoms with van der Waals surface area (Å²) in [6.07, 6.45) is 0.542. The summed E-state index contributed by atoms with van der Waals surface area (Å²) in [6.45, 7) is 6.66. The smallest absolute Gasteiger partial charge is 0.242 e. The molecule has 4 aromatic rings. The van der Waals surface area contributed by atoms with E-state index in [4.69, 9.17) is 16.6 Å². The van der Waals surface area contributed by atoms with E-state index < -0.39 is 0 Å². The molecule has 3 aromatic carbocycles. The number of imidazole rings is 1. The first-order chi connectivity index (χ1) is 16.9. The molecule has 0 radical (unpaired) electrons. The van der Waals surface area contributed by atoms with E-state index >= 15 is 0 Å². The highest BCUT2D eigenvalue weighted by Gasteiger charge is 2.24. The molecule has 35 heavy (non-hydrogen) atoms. The Hall–Kier alpha value is -3.38. The Kier molecular flexibility index (Phi) is 6.48. The predicted molar refractivity (Wildman–Crippen MR) is 139 cm³/mol. The Morgan fingerprint density at radius 1 is 0.971 bits per heavy atom. The first kappa shape index (κ1) is 23.4. The molecule has 5 nitrogen and oxygen atoms in total. The maximum Gasteiger partial charge on any atom is 0.242 e. The molecule has 1 amide bonds. The number of rotatable bonds is 5. The number of carbonyl (C=O) groups excluding carboxylic acids is 1. The Bertz CT molecular complexity index is 1390. The van der Waals surface area contributed by atoms with Gasteiger partial charge in [0.25, 0.3) is 0 Å². The minimum atomic E-state index is -0.230. The van der Waals surface area contributed by atoms with Crippen LogP contribution in [-0.2, 0) is 17.8 Å². The fourth-order valence-electron chi connectivity index (χ4n) is 4.69. The number of hydrogen-bond donors (Lipinski definition) is 0. The van der Waals surface area contributed by atoms with E-state index in [0.29, 0.717) is 43.3 Å². The van der Waals surface area contributed by atoms with Crippen LogP contribution in [0.25, 0.3) is 11.0 Å². The van der Waals surface area contributed by atoms with Crippen molar-refractivity contribution in [1.29, 1.82) is 0 Å². The standard InChI is InChI=1S/C28H28ClFN4O/c1-19-15-24-26(16-20(19)2)34(27(31-24)17-21-7-3-4-8-22(21)29)18-28(35)33-13-11-32(12-14-33)25-10-6-5-9-23(25)30/h3-10,15-16H,11-14,17-18H2,1-2H3. The average Bonchev–Trinajstić information content (AvgIpc) is 3.16. The second-order valence-corrected chi connectivity index (χ2v) is 9.53. The Labute approximate surface area is 209 Å². The fourth-order valence-corrected chi connectivity index (χ4v) is 4.90. The van der Waals surface area contributed by atoms with Gasteiger partial charge in [0.1, 0.15) is 18.2 Å². The van der Waals surface area contributed by atoms with E-state index in [-0.39, 0.29) is 18.3 Å². The van der Waals surface area contributed by atoms with Crippen LogP contribution in [0.5, 0.6) is 0 Å². The lowest BCUT2D eigenvalue weighted by molar-refractivity contribution is -0.132. The van der Waals surface area contributed by atoms with Crippen molar-refractivity contribution in [2.45, 2.75) is 26.8 Å². The molecule has 1 aliphatic heterocycles. The lowest BCUT2D eigenvalue weighted by Crippen LogP contribution is -2.49. The summed E-state index contributed by atoms with van der Waals surface area (Å²) in [5.41, 5.74) is 5.73. The topological polar surface area (TPSA) is 41.4 Å². The SMILES string of the molecule is Cc1cc2nc(Cc3ccccc3Cl)n(CC(=O)N3CCN(c4ccccc4F)CC3)c2cc1C. The molecule has 0 bridgehead atoms. The highest BCUT2D eigenvalue weighted by molar-refractivity contribution is 6.31. The number of halogens is 2. The van der Waals surface area contributed by atoms with Gasteiger partial charge in [-0.1, -0.05) is 41.9 Å². The van der Waals surface area contributed by atoms with E-state index in [1.54, 1.807) is 12.1 Å². The molecule has 1 aromatic heterocycles. The van der Waals surface area contributed by atoms with Crippen LogP contribution in [0, 0.1) is 19.7 Å². The number of piperazine rings is 1. The van der Waals surface area contributed by atoms with Crippen molar-refractivity contribution < 1.29 is 9.18 Å². The van der Waals surface area contributed by atoms with Crippen LogP contribution in [0.2, 0.25) is 5.02 Å². The molecule has 0 unspecified atom stereocenters. The van der Waals surface area contributed by atoms with Gasteiger partial charge in [-0.05, 0) is 60.9 Å². The molecule has 0 atom stereocenters. The summed E-state index contributed by atoms with van der Waals surface area (Å²) in [7, 11) is 0. The normalized spacial score (nSPS) is 14.1. The second-order valence-electron chi connectivity index (χ2n) is 9.13. The van der Waals surface area contributed by atoms with Gasteiger partial charge in [-0.2, -0.15) is 0 Å². The van der Waals surface area contributed by atoms with Gasteiger partial charge in [0.2, 0.25) is 5.91 Å². The first-order valence-corrected chi connectivity index (χ1v) is 12.3. The quantitative estimate of drug-likeness (QED) is 0.377. The van der Waals surface area contributed by atoms with Crippen LogP contribution in [0.15, 0.2) is 60.7 Å². The van der Waals surface area contributed by atoms with Gasteiger partial charge >= 0.3 is 0 Å². The minimum Gasteiger partial charge on any atom is -0.366 e. The molecule has 0 saturated carbocycles. The van der Waals surface area contributed by atoms with Crippen molar-refractivity contribution >= 4 is 34.2 Å². The molecule has 2 heterocycles. The number of benzene rings is 3. The Balaban J connectivity index is 1.39. The van der Waals surface area contributed by atoms with Gasteiger partial charge in [0.05, 0.1) is 16.7 Å². The number of nitrogens with zero attached hydrogens (tertiary/aromatic N) is 4. The van der Waals surface area contributed by atoms with Crippen molar-refractivity contribution in [1.82, 2.24) is 14.5 Å². The van der Waals surface area contributed by atoms with Crippen molar-refractivity contribution in [3.8, 4) is 0 Å². The second kappa shape index (κ2) is 9.70. The Morgan fingerprint density at radius 2 is 1.66 bits per heavy atom. The number of hydrogen-bond acceptors (Lipinski definition) is 3. The molecule has 0 N–H and O–H groups in total. The summed E-state index contributed by atoms with van der Waals surface area (Å²) >= 11 is 6.43. The maximum atomic E-state index is 14.2. The number of aromatic nitrogens is 2. The lowest BCUT2D eigenvalue weighted by Gasteiger charge is -2.36. The highest BCUT2D eigenvalue weighted by Crippen LogP contribution is 2.25. The van der Waals surface area contributed by atoms with Crippen molar-refractivity contribution in [3.05, 3.63) is 94.0 Å². The monoisotopic (exact) mass is 490 g/mol. The third-order valence-electron chi connectivity index (χ3n) is 6.87. The number of anilines is 1. The van der Waals surface area contributed by atoms with Crippen LogP contribution < -0.4 is 4.90 Å². The van der Waals surface area contributed by atoms with Gasteiger partial charge in [-0.3, -0.25) is 4.79 Å². The Morgan fingerprint density at radius 3 is 2.40 bits per heavy atom. The molecule has 5 rings (SSSR count). The summed E-state index contributed by atoms with van der Waals surface area (Å²) < 4.78 is 16.2. The summed E-state index contributed by atoms with van der Waals surface area (Å²) in [5.74, 6) is 0.625.